The molecule has 18 heavy (non-hydrogen) atoms. The van der Waals surface area contributed by atoms with Gasteiger partial charge in [-0.25, -0.2) is 9.18 Å². The maximum atomic E-state index is 13.6. The topological polar surface area (TPSA) is 49.3 Å². The van der Waals surface area contributed by atoms with E-state index in [-0.39, 0.29) is 5.56 Å². The third kappa shape index (κ3) is 2.19. The average molecular weight is 249 g/mol. The molecule has 2 N–H and O–H groups in total. The van der Waals surface area contributed by atoms with E-state index < -0.39 is 11.8 Å². The molecule has 0 aliphatic heterocycles. The summed E-state index contributed by atoms with van der Waals surface area (Å²) >= 11 is 0. The summed E-state index contributed by atoms with van der Waals surface area (Å²) in [5.74, 6) is -0.594. The van der Waals surface area contributed by atoms with Crippen LogP contribution in [0.5, 0.6) is 0 Å². The van der Waals surface area contributed by atoms with Crippen molar-refractivity contribution in [2.45, 2.75) is 31.7 Å². The molecule has 96 valence electrons. The SMILES string of the molecule is O=C(O)c1c(F)cccc1NC(C1CC1)C1CC1. The first-order valence-electron chi connectivity index (χ1n) is 6.45. The summed E-state index contributed by atoms with van der Waals surface area (Å²) < 4.78 is 13.6. The Kier molecular flexibility index (Phi) is 2.73. The highest BCUT2D eigenvalue weighted by Gasteiger charge is 2.41. The van der Waals surface area contributed by atoms with E-state index in [1.165, 1.54) is 31.7 Å². The Balaban J connectivity index is 1.86. The van der Waals surface area contributed by atoms with Gasteiger partial charge in [-0.05, 0) is 49.7 Å². The van der Waals surface area contributed by atoms with Crippen LogP contribution in [0.4, 0.5) is 10.1 Å². The van der Waals surface area contributed by atoms with Gasteiger partial charge in [-0.15, -0.1) is 0 Å². The van der Waals surface area contributed by atoms with Gasteiger partial charge in [0.05, 0.1) is 5.69 Å². The van der Waals surface area contributed by atoms with Crippen molar-refractivity contribution in [3.05, 3.63) is 29.6 Å². The van der Waals surface area contributed by atoms with Gasteiger partial charge in [0.1, 0.15) is 11.4 Å². The fourth-order valence-electron chi connectivity index (χ4n) is 2.57. The number of carboxylic acid groups (broad SMARTS) is 1. The molecule has 0 spiro atoms. The highest BCUT2D eigenvalue weighted by molar-refractivity contribution is 5.94. The fourth-order valence-corrected chi connectivity index (χ4v) is 2.57. The van der Waals surface area contributed by atoms with Gasteiger partial charge < -0.3 is 10.4 Å². The predicted molar refractivity (Wildman–Crippen MR) is 66.2 cm³/mol. The molecular formula is C14H16FNO2. The van der Waals surface area contributed by atoms with Crippen LogP contribution in [0, 0.1) is 17.7 Å². The smallest absolute Gasteiger partial charge is 0.340 e. The largest absolute Gasteiger partial charge is 0.478 e. The minimum atomic E-state index is -1.21. The molecule has 2 aliphatic carbocycles. The number of anilines is 1. The lowest BCUT2D eigenvalue weighted by atomic mass is 10.1. The van der Waals surface area contributed by atoms with E-state index in [9.17, 15) is 9.18 Å². The number of hydrogen-bond donors (Lipinski definition) is 2. The van der Waals surface area contributed by atoms with Gasteiger partial charge in [0.25, 0.3) is 0 Å². The van der Waals surface area contributed by atoms with Gasteiger partial charge >= 0.3 is 5.97 Å². The number of rotatable bonds is 5. The molecule has 2 saturated carbocycles. The Bertz CT molecular complexity index is 469. The molecule has 0 bridgehead atoms. The van der Waals surface area contributed by atoms with Gasteiger partial charge in [-0.2, -0.15) is 0 Å². The summed E-state index contributed by atoms with van der Waals surface area (Å²) in [5, 5.41) is 12.4. The van der Waals surface area contributed by atoms with Crippen molar-refractivity contribution in [2.24, 2.45) is 11.8 Å². The molecule has 0 unspecified atom stereocenters. The van der Waals surface area contributed by atoms with Crippen molar-refractivity contribution >= 4 is 11.7 Å². The second kappa shape index (κ2) is 4.26. The normalized spacial score (nSPS) is 19.0. The fraction of sp³-hybridized carbons (Fsp3) is 0.500. The highest BCUT2D eigenvalue weighted by Crippen LogP contribution is 2.46. The Morgan fingerprint density at radius 3 is 2.39 bits per heavy atom. The molecule has 0 heterocycles. The van der Waals surface area contributed by atoms with Gasteiger partial charge in [0, 0.05) is 6.04 Å². The summed E-state index contributed by atoms with van der Waals surface area (Å²) in [6.45, 7) is 0. The van der Waals surface area contributed by atoms with Crippen molar-refractivity contribution in [1.82, 2.24) is 0 Å². The van der Waals surface area contributed by atoms with Gasteiger partial charge in [0.15, 0.2) is 0 Å². The van der Waals surface area contributed by atoms with Crippen LogP contribution in [0.15, 0.2) is 18.2 Å². The van der Waals surface area contributed by atoms with E-state index in [2.05, 4.69) is 5.32 Å². The first-order valence-corrected chi connectivity index (χ1v) is 6.45. The third-order valence-electron chi connectivity index (χ3n) is 3.81. The Morgan fingerprint density at radius 1 is 1.28 bits per heavy atom. The number of halogens is 1. The van der Waals surface area contributed by atoms with Crippen LogP contribution >= 0.6 is 0 Å². The molecule has 2 aliphatic rings. The maximum Gasteiger partial charge on any atom is 0.340 e. The molecule has 4 heteroatoms. The molecule has 0 amide bonds. The monoisotopic (exact) mass is 249 g/mol. The summed E-state index contributed by atoms with van der Waals surface area (Å²) in [5.41, 5.74) is 0.190. The molecule has 0 radical (unpaired) electrons. The molecule has 3 nitrogen and oxygen atoms in total. The van der Waals surface area contributed by atoms with Crippen LogP contribution in [-0.4, -0.2) is 17.1 Å². The zero-order valence-corrected chi connectivity index (χ0v) is 10.0. The molecule has 1 aromatic rings. The number of aromatic carboxylic acids is 1. The van der Waals surface area contributed by atoms with Crippen LogP contribution in [-0.2, 0) is 0 Å². The molecule has 0 aromatic heterocycles. The van der Waals surface area contributed by atoms with Crippen LogP contribution in [0.2, 0.25) is 0 Å². The molecular weight excluding hydrogens is 233 g/mol. The Morgan fingerprint density at radius 2 is 1.89 bits per heavy atom. The lowest BCUT2D eigenvalue weighted by Gasteiger charge is -2.20. The summed E-state index contributed by atoms with van der Waals surface area (Å²) in [4.78, 5) is 11.1. The van der Waals surface area contributed by atoms with Gasteiger partial charge in [-0.1, -0.05) is 6.07 Å². The summed E-state index contributed by atoms with van der Waals surface area (Å²) in [7, 11) is 0. The van der Waals surface area contributed by atoms with Crippen molar-refractivity contribution in [3.63, 3.8) is 0 Å². The van der Waals surface area contributed by atoms with Gasteiger partial charge in [0.2, 0.25) is 0 Å². The van der Waals surface area contributed by atoms with Crippen LogP contribution in [0.1, 0.15) is 36.0 Å². The van der Waals surface area contributed by atoms with Crippen LogP contribution in [0.3, 0.4) is 0 Å². The standard InChI is InChI=1S/C14H16FNO2/c15-10-2-1-3-11(12(10)14(17)18)16-13(8-4-5-8)9-6-7-9/h1-3,8-9,13,16H,4-7H2,(H,17,18). The first-order chi connectivity index (χ1) is 8.66. The second-order valence-corrected chi connectivity index (χ2v) is 5.31. The van der Waals surface area contributed by atoms with Crippen LogP contribution < -0.4 is 5.32 Å². The average Bonchev–Trinajstić information content (AvgIpc) is 3.17. The molecule has 0 atom stereocenters. The van der Waals surface area contributed by atoms with E-state index >= 15 is 0 Å². The van der Waals surface area contributed by atoms with E-state index in [0.29, 0.717) is 23.6 Å². The number of benzene rings is 1. The molecule has 3 rings (SSSR count). The number of nitrogens with one attached hydrogen (secondary N) is 1. The molecule has 2 fully saturated rings. The van der Waals surface area contributed by atoms with E-state index in [1.807, 2.05) is 0 Å². The van der Waals surface area contributed by atoms with E-state index in [0.717, 1.165) is 0 Å². The third-order valence-corrected chi connectivity index (χ3v) is 3.81. The maximum absolute atomic E-state index is 13.6. The van der Waals surface area contributed by atoms with Crippen molar-refractivity contribution in [2.75, 3.05) is 5.32 Å². The zero-order chi connectivity index (χ0) is 12.7. The van der Waals surface area contributed by atoms with Crippen LogP contribution in [0.25, 0.3) is 0 Å². The second-order valence-electron chi connectivity index (χ2n) is 5.31. The Hall–Kier alpha value is -1.58. The van der Waals surface area contributed by atoms with Crippen molar-refractivity contribution < 1.29 is 14.3 Å². The van der Waals surface area contributed by atoms with E-state index in [4.69, 9.17) is 5.11 Å². The number of hydrogen-bond acceptors (Lipinski definition) is 2. The van der Waals surface area contributed by atoms with E-state index in [1.54, 1.807) is 12.1 Å². The minimum Gasteiger partial charge on any atom is -0.478 e. The van der Waals surface area contributed by atoms with Gasteiger partial charge in [-0.3, -0.25) is 0 Å². The predicted octanol–water partition coefficient (Wildman–Crippen LogP) is 3.12. The highest BCUT2D eigenvalue weighted by atomic mass is 19.1. The first kappa shape index (κ1) is 11.5. The minimum absolute atomic E-state index is 0.233. The summed E-state index contributed by atoms with van der Waals surface area (Å²) in [6.07, 6.45) is 4.80. The Labute approximate surface area is 105 Å². The quantitative estimate of drug-likeness (QED) is 0.843. The number of carbonyl (C=O) groups is 1. The molecule has 0 saturated heterocycles. The molecule has 1 aromatic carbocycles. The zero-order valence-electron chi connectivity index (χ0n) is 10.0. The lowest BCUT2D eigenvalue weighted by Crippen LogP contribution is -2.25. The number of carboxylic acids is 1. The van der Waals surface area contributed by atoms with Crippen molar-refractivity contribution in [1.29, 1.82) is 0 Å². The summed E-state index contributed by atoms with van der Waals surface area (Å²) in [6, 6.07) is 4.73. The van der Waals surface area contributed by atoms with Crippen molar-refractivity contribution in [3.8, 4) is 0 Å². The lowest BCUT2D eigenvalue weighted by molar-refractivity contribution is 0.0693.